The van der Waals surface area contributed by atoms with E-state index in [0.717, 1.165) is 0 Å². The molecule has 0 aliphatic carbocycles. The second-order valence-corrected chi connectivity index (χ2v) is 4.78. The lowest BCUT2D eigenvalue weighted by Crippen LogP contribution is -2.44. The monoisotopic (exact) mass is 304 g/mol. The van der Waals surface area contributed by atoms with Crippen molar-refractivity contribution in [3.8, 4) is 0 Å². The highest BCUT2D eigenvalue weighted by molar-refractivity contribution is 6.28. The Kier molecular flexibility index (Phi) is 3.21. The van der Waals surface area contributed by atoms with E-state index in [-0.39, 0.29) is 16.7 Å². The van der Waals surface area contributed by atoms with Crippen LogP contribution in [-0.2, 0) is 4.74 Å². The van der Waals surface area contributed by atoms with Gasteiger partial charge in [-0.25, -0.2) is 8.96 Å². The number of halogens is 2. The van der Waals surface area contributed by atoms with Crippen LogP contribution in [0.25, 0.3) is 11.2 Å². The van der Waals surface area contributed by atoms with Crippen molar-refractivity contribution in [1.29, 1.82) is 0 Å². The Labute approximate surface area is 117 Å². The molecule has 3 heterocycles. The SMILES string of the molecule is Nc1nc(Cl)nc2c1[nH]c[n+]2[C@@H]1O[C@@H](CO)[C@H](O)[C@H]1F. The number of nitrogens with zero attached hydrogens (tertiary/aromatic N) is 3. The number of fused-ring (bicyclic) bond motifs is 1. The van der Waals surface area contributed by atoms with E-state index in [1.54, 1.807) is 0 Å². The first-order valence-corrected chi connectivity index (χ1v) is 6.20. The molecule has 1 aliphatic heterocycles. The third-order valence-electron chi connectivity index (χ3n) is 3.23. The molecular weight excluding hydrogens is 293 g/mol. The molecule has 1 saturated heterocycles. The molecule has 1 fully saturated rings. The Morgan fingerprint density at radius 2 is 2.30 bits per heavy atom. The average molecular weight is 305 g/mol. The Morgan fingerprint density at radius 1 is 1.55 bits per heavy atom. The molecule has 108 valence electrons. The van der Waals surface area contributed by atoms with E-state index in [0.29, 0.717) is 5.52 Å². The summed E-state index contributed by atoms with van der Waals surface area (Å²) in [7, 11) is 0. The molecule has 0 radical (unpaired) electrons. The summed E-state index contributed by atoms with van der Waals surface area (Å²) in [4.78, 5) is 10.5. The van der Waals surface area contributed by atoms with Crippen molar-refractivity contribution in [2.45, 2.75) is 24.6 Å². The maximum absolute atomic E-state index is 14.1. The van der Waals surface area contributed by atoms with Crippen molar-refractivity contribution in [2.75, 3.05) is 12.3 Å². The van der Waals surface area contributed by atoms with Gasteiger partial charge in [0.05, 0.1) is 6.61 Å². The maximum atomic E-state index is 14.1. The minimum Gasteiger partial charge on any atom is -0.394 e. The molecule has 1 aliphatic rings. The predicted octanol–water partition coefficient (Wildman–Crippen LogP) is -0.930. The topological polar surface area (TPSA) is 121 Å². The van der Waals surface area contributed by atoms with E-state index in [9.17, 15) is 9.50 Å². The van der Waals surface area contributed by atoms with Gasteiger partial charge in [0.15, 0.2) is 18.3 Å². The Hall–Kier alpha value is -1.55. The normalized spacial score (nSPS) is 30.2. The molecule has 20 heavy (non-hydrogen) atoms. The highest BCUT2D eigenvalue weighted by atomic mass is 35.5. The van der Waals surface area contributed by atoms with E-state index in [1.165, 1.54) is 10.9 Å². The van der Waals surface area contributed by atoms with E-state index >= 15 is 0 Å². The second-order valence-electron chi connectivity index (χ2n) is 4.44. The zero-order chi connectivity index (χ0) is 14.4. The van der Waals surface area contributed by atoms with Crippen LogP contribution < -0.4 is 10.3 Å². The number of imidazole rings is 1. The fraction of sp³-hybridized carbons (Fsp3) is 0.500. The van der Waals surface area contributed by atoms with Crippen LogP contribution >= 0.6 is 11.6 Å². The van der Waals surface area contributed by atoms with Gasteiger partial charge in [0.1, 0.15) is 12.2 Å². The van der Waals surface area contributed by atoms with Crippen molar-refractivity contribution in [3.63, 3.8) is 0 Å². The molecular formula is C10H12ClFN5O3+. The van der Waals surface area contributed by atoms with Crippen LogP contribution in [0.4, 0.5) is 10.2 Å². The number of nitrogen functional groups attached to an aromatic ring is 1. The zero-order valence-corrected chi connectivity index (χ0v) is 10.8. The molecule has 0 unspecified atom stereocenters. The van der Waals surface area contributed by atoms with Gasteiger partial charge >= 0.3 is 10.9 Å². The Balaban J connectivity index is 2.07. The standard InChI is InChI=1S/C10H11ClFN5O3/c11-10-15-7(13)5-8(16-10)17(2-14-5)9-4(12)6(19)3(1-18)20-9/h2-4,6,9,18-19H,1H2,(H2,13,15,16)/p+1/t3-,4+,6-,9+/m0/s1. The summed E-state index contributed by atoms with van der Waals surface area (Å²) in [6.45, 7) is -0.487. The number of aromatic nitrogens is 4. The summed E-state index contributed by atoms with van der Waals surface area (Å²) < 4.78 is 20.7. The zero-order valence-electron chi connectivity index (χ0n) is 10.1. The van der Waals surface area contributed by atoms with E-state index in [2.05, 4.69) is 15.0 Å². The minimum absolute atomic E-state index is 0.0870. The number of aliphatic hydroxyl groups excluding tert-OH is 2. The van der Waals surface area contributed by atoms with Gasteiger partial charge in [0.25, 0.3) is 0 Å². The fourth-order valence-corrected chi connectivity index (χ4v) is 2.40. The lowest BCUT2D eigenvalue weighted by Gasteiger charge is -2.10. The molecule has 4 atom stereocenters. The first-order valence-electron chi connectivity index (χ1n) is 5.82. The van der Waals surface area contributed by atoms with Gasteiger partial charge in [0.2, 0.25) is 11.7 Å². The maximum Gasteiger partial charge on any atom is 0.311 e. The third-order valence-corrected chi connectivity index (χ3v) is 3.40. The molecule has 8 nitrogen and oxygen atoms in total. The number of hydrogen-bond acceptors (Lipinski definition) is 6. The second kappa shape index (κ2) is 4.77. The number of aromatic amines is 1. The summed E-state index contributed by atoms with van der Waals surface area (Å²) in [6, 6.07) is 0. The smallest absolute Gasteiger partial charge is 0.311 e. The minimum atomic E-state index is -1.72. The first kappa shape index (κ1) is 13.4. The van der Waals surface area contributed by atoms with Crippen molar-refractivity contribution < 1.29 is 23.9 Å². The number of aliphatic hydroxyl groups is 2. The number of nitrogens with two attached hydrogens (primary N) is 1. The van der Waals surface area contributed by atoms with Crippen molar-refractivity contribution in [3.05, 3.63) is 11.6 Å². The quantitative estimate of drug-likeness (QED) is 0.420. The summed E-state index contributed by atoms with van der Waals surface area (Å²) in [5, 5.41) is 18.6. The number of alkyl halides is 1. The largest absolute Gasteiger partial charge is 0.394 e. The van der Waals surface area contributed by atoms with Crippen molar-refractivity contribution >= 4 is 28.6 Å². The van der Waals surface area contributed by atoms with E-state index in [1.807, 2.05) is 0 Å². The van der Waals surface area contributed by atoms with E-state index < -0.39 is 31.2 Å². The van der Waals surface area contributed by atoms with Gasteiger partial charge < -0.3 is 20.7 Å². The number of rotatable bonds is 2. The van der Waals surface area contributed by atoms with Gasteiger partial charge in [-0.3, -0.25) is 4.98 Å². The van der Waals surface area contributed by atoms with Gasteiger partial charge in [0, 0.05) is 0 Å². The van der Waals surface area contributed by atoms with Crippen molar-refractivity contribution in [2.24, 2.45) is 0 Å². The van der Waals surface area contributed by atoms with E-state index in [4.69, 9.17) is 27.2 Å². The van der Waals surface area contributed by atoms with Crippen LogP contribution in [0.5, 0.6) is 0 Å². The van der Waals surface area contributed by atoms with Crippen LogP contribution in [0.3, 0.4) is 0 Å². The molecule has 10 heteroatoms. The number of anilines is 1. The number of hydrogen-bond donors (Lipinski definition) is 4. The first-order chi connectivity index (χ1) is 9.52. The van der Waals surface area contributed by atoms with Crippen LogP contribution in [0.2, 0.25) is 5.28 Å². The molecule has 0 spiro atoms. The summed E-state index contributed by atoms with van der Waals surface area (Å²) in [5.41, 5.74) is 6.31. The average Bonchev–Trinajstić information content (AvgIpc) is 2.93. The molecule has 3 rings (SSSR count). The third kappa shape index (κ3) is 1.90. The summed E-state index contributed by atoms with van der Waals surface area (Å²) >= 11 is 5.73. The van der Waals surface area contributed by atoms with Gasteiger partial charge in [-0.05, 0) is 11.6 Å². The molecule has 2 aromatic rings. The Bertz CT molecular complexity index is 653. The predicted molar refractivity (Wildman–Crippen MR) is 65.4 cm³/mol. The highest BCUT2D eigenvalue weighted by Gasteiger charge is 2.47. The van der Waals surface area contributed by atoms with Crippen LogP contribution in [0, 0.1) is 0 Å². The molecule has 2 aromatic heterocycles. The molecule has 0 saturated carbocycles. The number of H-pyrrole nitrogens is 1. The summed E-state index contributed by atoms with van der Waals surface area (Å²) in [6.07, 6.45) is -3.87. The molecule has 0 bridgehead atoms. The fourth-order valence-electron chi connectivity index (χ4n) is 2.23. The van der Waals surface area contributed by atoms with Crippen LogP contribution in [0.15, 0.2) is 6.33 Å². The van der Waals surface area contributed by atoms with Crippen LogP contribution in [-0.4, -0.2) is 50.2 Å². The molecule has 0 amide bonds. The number of ether oxygens (including phenoxy) is 1. The number of nitrogens with one attached hydrogen (secondary N) is 1. The molecule has 5 N–H and O–H groups in total. The van der Waals surface area contributed by atoms with Crippen molar-refractivity contribution in [1.82, 2.24) is 15.0 Å². The molecule has 0 aromatic carbocycles. The highest BCUT2D eigenvalue weighted by Crippen LogP contribution is 2.29. The van der Waals surface area contributed by atoms with Gasteiger partial charge in [-0.2, -0.15) is 4.98 Å². The van der Waals surface area contributed by atoms with Gasteiger partial charge in [-0.1, -0.05) is 4.98 Å². The summed E-state index contributed by atoms with van der Waals surface area (Å²) in [5.74, 6) is 0.117. The lowest BCUT2D eigenvalue weighted by molar-refractivity contribution is -0.743. The Morgan fingerprint density at radius 3 is 2.95 bits per heavy atom. The van der Waals surface area contributed by atoms with Gasteiger partial charge in [-0.15, -0.1) is 0 Å². The lowest BCUT2D eigenvalue weighted by atomic mass is 10.1. The van der Waals surface area contributed by atoms with Crippen LogP contribution in [0.1, 0.15) is 6.23 Å².